The molecule has 0 spiro atoms. The Balaban J connectivity index is 2.12. The molecule has 2 rings (SSSR count). The van der Waals surface area contributed by atoms with Crippen LogP contribution in [0.1, 0.15) is 29.3 Å². The van der Waals surface area contributed by atoms with Crippen molar-refractivity contribution in [2.45, 2.75) is 26.8 Å². The molecule has 0 saturated carbocycles. The lowest BCUT2D eigenvalue weighted by atomic mass is 10.1. The van der Waals surface area contributed by atoms with Crippen LogP contribution >= 0.6 is 0 Å². The lowest BCUT2D eigenvalue weighted by Crippen LogP contribution is -2.13. The highest BCUT2D eigenvalue weighted by molar-refractivity contribution is 6.03. The molecule has 1 N–H and O–H groups in total. The number of anilines is 1. The maximum absolute atomic E-state index is 12.0. The summed E-state index contributed by atoms with van der Waals surface area (Å²) in [6.45, 7) is 4.16. The number of hydrogen-bond donors (Lipinski definition) is 1. The fourth-order valence-corrected chi connectivity index (χ4v) is 1.76. The molecule has 0 fully saturated rings. The van der Waals surface area contributed by atoms with E-state index < -0.39 is 10.8 Å². The van der Waals surface area contributed by atoms with Crippen molar-refractivity contribution in [3.8, 4) is 0 Å². The first kappa shape index (κ1) is 14.6. The van der Waals surface area contributed by atoms with E-state index in [-0.39, 0.29) is 11.6 Å². The Hall–Kier alpha value is -2.84. The first-order valence-electron chi connectivity index (χ1n) is 6.35. The number of nitrogens with one attached hydrogen (secondary N) is 1. The molecule has 9 nitrogen and oxygen atoms in total. The highest BCUT2D eigenvalue weighted by Crippen LogP contribution is 2.19. The second kappa shape index (κ2) is 6.07. The first-order chi connectivity index (χ1) is 10.0. The summed E-state index contributed by atoms with van der Waals surface area (Å²) in [5.41, 5.74) is 0.679. The molecule has 0 bridgehead atoms. The van der Waals surface area contributed by atoms with Crippen molar-refractivity contribution >= 4 is 17.5 Å². The van der Waals surface area contributed by atoms with Gasteiger partial charge < -0.3 is 0 Å². The molecule has 0 aliphatic rings. The van der Waals surface area contributed by atoms with E-state index in [9.17, 15) is 14.9 Å². The molecule has 0 atom stereocenters. The number of nitro groups is 1. The molecule has 0 radical (unpaired) electrons. The molecule has 0 aliphatic heterocycles. The maximum Gasteiger partial charge on any atom is 0.272 e. The van der Waals surface area contributed by atoms with E-state index in [1.807, 2.05) is 6.92 Å². The quantitative estimate of drug-likeness (QED) is 0.659. The Morgan fingerprint density at radius 3 is 2.86 bits per heavy atom. The van der Waals surface area contributed by atoms with Gasteiger partial charge in [-0.3, -0.25) is 20.2 Å². The van der Waals surface area contributed by atoms with Crippen molar-refractivity contribution in [2.75, 3.05) is 5.32 Å². The van der Waals surface area contributed by atoms with E-state index in [0.717, 1.165) is 6.42 Å². The van der Waals surface area contributed by atoms with Gasteiger partial charge in [-0.25, -0.2) is 0 Å². The highest BCUT2D eigenvalue weighted by Gasteiger charge is 2.15. The van der Waals surface area contributed by atoms with E-state index >= 15 is 0 Å². The third kappa shape index (κ3) is 3.38. The van der Waals surface area contributed by atoms with Crippen molar-refractivity contribution in [3.05, 3.63) is 39.4 Å². The summed E-state index contributed by atoms with van der Waals surface area (Å²) in [5.74, 6) is -0.339. The summed E-state index contributed by atoms with van der Waals surface area (Å²) in [5, 5.41) is 24.7. The Morgan fingerprint density at radius 1 is 1.48 bits per heavy atom. The van der Waals surface area contributed by atoms with Crippen molar-refractivity contribution in [2.24, 2.45) is 0 Å². The van der Waals surface area contributed by atoms with Crippen LogP contribution in [-0.4, -0.2) is 31.0 Å². The molecule has 110 valence electrons. The molecule has 0 saturated heterocycles. The molecule has 1 aromatic heterocycles. The summed E-state index contributed by atoms with van der Waals surface area (Å²) in [4.78, 5) is 23.6. The summed E-state index contributed by atoms with van der Waals surface area (Å²) >= 11 is 0. The van der Waals surface area contributed by atoms with E-state index in [4.69, 9.17) is 0 Å². The minimum atomic E-state index is -0.491. The van der Waals surface area contributed by atoms with Gasteiger partial charge in [0, 0.05) is 17.2 Å². The smallest absolute Gasteiger partial charge is 0.272 e. The number of tetrazole rings is 1. The van der Waals surface area contributed by atoms with Gasteiger partial charge in [-0.05, 0) is 30.7 Å². The van der Waals surface area contributed by atoms with Gasteiger partial charge in [0.2, 0.25) is 0 Å². The van der Waals surface area contributed by atoms with Crippen LogP contribution in [0.5, 0.6) is 0 Å². The zero-order valence-electron chi connectivity index (χ0n) is 11.6. The van der Waals surface area contributed by atoms with Crippen molar-refractivity contribution in [3.63, 3.8) is 0 Å². The third-order valence-electron chi connectivity index (χ3n) is 2.76. The van der Waals surface area contributed by atoms with Crippen LogP contribution < -0.4 is 5.32 Å². The minimum Gasteiger partial charge on any atom is -0.288 e. The second-order valence-electron chi connectivity index (χ2n) is 4.42. The van der Waals surface area contributed by atoms with Crippen LogP contribution in [0.2, 0.25) is 0 Å². The van der Waals surface area contributed by atoms with Gasteiger partial charge >= 0.3 is 0 Å². The molecule has 0 unspecified atom stereocenters. The molecule has 0 aliphatic carbocycles. The molecule has 2 aromatic rings. The van der Waals surface area contributed by atoms with E-state index in [0.29, 0.717) is 17.7 Å². The monoisotopic (exact) mass is 290 g/mol. The largest absolute Gasteiger partial charge is 0.288 e. The van der Waals surface area contributed by atoms with Crippen molar-refractivity contribution < 1.29 is 9.72 Å². The predicted molar refractivity (Wildman–Crippen MR) is 73.9 cm³/mol. The average molecular weight is 290 g/mol. The Labute approximate surface area is 120 Å². The predicted octanol–water partition coefficient (Wildman–Crippen LogP) is 1.55. The SMILES string of the molecule is CCCn1nnc(NC(=O)c2ccc([N+](=O)[O-])c(C)c2)n1. The number of aromatic nitrogens is 4. The topological polar surface area (TPSA) is 116 Å². The van der Waals surface area contributed by atoms with Crippen LogP contribution in [-0.2, 0) is 6.54 Å². The van der Waals surface area contributed by atoms with Gasteiger partial charge in [0.25, 0.3) is 17.5 Å². The number of amides is 1. The summed E-state index contributed by atoms with van der Waals surface area (Å²) in [6.07, 6.45) is 0.852. The molecular formula is C12H14N6O3. The number of carbonyl (C=O) groups excluding carboxylic acids is 1. The third-order valence-corrected chi connectivity index (χ3v) is 2.76. The minimum absolute atomic E-state index is 0.0291. The number of nitrogens with zero attached hydrogens (tertiary/aromatic N) is 5. The molecular weight excluding hydrogens is 276 g/mol. The summed E-state index contributed by atoms with van der Waals surface area (Å²) < 4.78 is 0. The molecule has 9 heteroatoms. The lowest BCUT2D eigenvalue weighted by molar-refractivity contribution is -0.385. The van der Waals surface area contributed by atoms with E-state index in [2.05, 4.69) is 20.7 Å². The summed E-state index contributed by atoms with van der Waals surface area (Å²) in [7, 11) is 0. The fourth-order valence-electron chi connectivity index (χ4n) is 1.76. The van der Waals surface area contributed by atoms with Crippen LogP contribution in [0.15, 0.2) is 18.2 Å². The zero-order chi connectivity index (χ0) is 15.4. The second-order valence-corrected chi connectivity index (χ2v) is 4.42. The van der Waals surface area contributed by atoms with E-state index in [1.54, 1.807) is 6.92 Å². The summed E-state index contributed by atoms with van der Waals surface area (Å²) in [6, 6.07) is 4.13. The highest BCUT2D eigenvalue weighted by atomic mass is 16.6. The number of aryl methyl sites for hydroxylation is 2. The molecule has 1 aromatic carbocycles. The lowest BCUT2D eigenvalue weighted by Gasteiger charge is -2.02. The van der Waals surface area contributed by atoms with Gasteiger partial charge in [-0.2, -0.15) is 4.80 Å². The van der Waals surface area contributed by atoms with Crippen LogP contribution in [0.3, 0.4) is 0 Å². The maximum atomic E-state index is 12.0. The molecule has 1 heterocycles. The number of benzene rings is 1. The number of nitro benzene ring substituents is 1. The standard InChI is InChI=1S/C12H14N6O3/c1-3-6-17-15-12(14-16-17)13-11(19)9-4-5-10(18(20)21)8(2)7-9/h4-5,7H,3,6H2,1-2H3,(H,13,15,19). The van der Waals surface area contributed by atoms with Gasteiger partial charge in [0.05, 0.1) is 11.5 Å². The first-order valence-corrected chi connectivity index (χ1v) is 6.35. The normalized spacial score (nSPS) is 10.4. The molecule has 21 heavy (non-hydrogen) atoms. The Morgan fingerprint density at radius 2 is 2.24 bits per heavy atom. The van der Waals surface area contributed by atoms with Crippen LogP contribution in [0.25, 0.3) is 0 Å². The van der Waals surface area contributed by atoms with Crippen LogP contribution in [0.4, 0.5) is 11.6 Å². The Bertz CT molecular complexity index is 681. The van der Waals surface area contributed by atoms with Gasteiger partial charge in [0.1, 0.15) is 0 Å². The Kier molecular flexibility index (Phi) is 4.21. The van der Waals surface area contributed by atoms with Crippen molar-refractivity contribution in [1.29, 1.82) is 0 Å². The van der Waals surface area contributed by atoms with Gasteiger partial charge in [-0.1, -0.05) is 12.0 Å². The average Bonchev–Trinajstić information content (AvgIpc) is 2.86. The number of hydrogen-bond acceptors (Lipinski definition) is 6. The van der Waals surface area contributed by atoms with Crippen LogP contribution in [0, 0.1) is 17.0 Å². The van der Waals surface area contributed by atoms with Crippen molar-refractivity contribution in [1.82, 2.24) is 20.2 Å². The molecule has 1 amide bonds. The fraction of sp³-hybridized carbons (Fsp3) is 0.333. The number of rotatable bonds is 5. The van der Waals surface area contributed by atoms with E-state index in [1.165, 1.54) is 23.0 Å². The van der Waals surface area contributed by atoms with Gasteiger partial charge in [0.15, 0.2) is 0 Å². The number of carbonyl (C=O) groups is 1. The van der Waals surface area contributed by atoms with Gasteiger partial charge in [-0.15, -0.1) is 5.10 Å². The zero-order valence-corrected chi connectivity index (χ0v) is 11.6.